The molecule has 0 unspecified atom stereocenters. The molecule has 5 nitrogen and oxygen atoms in total. The normalized spacial score (nSPS) is 17.9. The van der Waals surface area contributed by atoms with Crippen molar-refractivity contribution in [2.24, 2.45) is 0 Å². The summed E-state index contributed by atoms with van der Waals surface area (Å²) in [5.41, 5.74) is 2.27. The maximum absolute atomic E-state index is 13.2. The smallest absolute Gasteiger partial charge is 0.237 e. The summed E-state index contributed by atoms with van der Waals surface area (Å²) in [6.45, 7) is 5.27. The SMILES string of the molecule is CCCCCCCCCCNC(=O)[C@@H]1C[C@H](NCc2ccc(OC)cc2)CN1Cc1ccccc1Cl. The van der Waals surface area contributed by atoms with Crippen LogP contribution >= 0.6 is 11.6 Å². The van der Waals surface area contributed by atoms with Crippen molar-refractivity contribution in [1.82, 2.24) is 15.5 Å². The summed E-state index contributed by atoms with van der Waals surface area (Å²) in [7, 11) is 1.68. The Balaban J connectivity index is 1.49. The molecule has 1 aliphatic rings. The second kappa shape index (κ2) is 15.9. The molecule has 6 heteroatoms. The molecule has 3 rings (SSSR count). The Morgan fingerprint density at radius 1 is 1.00 bits per heavy atom. The van der Waals surface area contributed by atoms with Gasteiger partial charge in [-0.1, -0.05) is 93.8 Å². The number of halogens is 1. The monoisotopic (exact) mass is 513 g/mol. The first-order valence-electron chi connectivity index (χ1n) is 13.7. The number of hydrogen-bond acceptors (Lipinski definition) is 4. The third-order valence-corrected chi connectivity index (χ3v) is 7.49. The third kappa shape index (κ3) is 9.42. The fourth-order valence-electron chi connectivity index (χ4n) is 4.94. The molecule has 1 saturated heterocycles. The van der Waals surface area contributed by atoms with Crippen LogP contribution in [-0.4, -0.2) is 43.1 Å². The minimum atomic E-state index is -0.149. The zero-order valence-electron chi connectivity index (χ0n) is 22.1. The van der Waals surface area contributed by atoms with Gasteiger partial charge in [0, 0.05) is 37.2 Å². The van der Waals surface area contributed by atoms with Gasteiger partial charge in [-0.2, -0.15) is 0 Å². The van der Waals surface area contributed by atoms with Gasteiger partial charge in [0.15, 0.2) is 0 Å². The molecule has 1 fully saturated rings. The van der Waals surface area contributed by atoms with Crippen LogP contribution in [0.15, 0.2) is 48.5 Å². The lowest BCUT2D eigenvalue weighted by Crippen LogP contribution is -2.43. The molecular weight excluding hydrogens is 470 g/mol. The molecule has 0 aliphatic carbocycles. The highest BCUT2D eigenvalue weighted by atomic mass is 35.5. The van der Waals surface area contributed by atoms with Crippen LogP contribution in [0.4, 0.5) is 0 Å². The van der Waals surface area contributed by atoms with Crippen molar-refractivity contribution >= 4 is 17.5 Å². The molecule has 0 saturated carbocycles. The van der Waals surface area contributed by atoms with Gasteiger partial charge in [-0.05, 0) is 42.2 Å². The number of carbonyl (C=O) groups excluding carboxylic acids is 1. The van der Waals surface area contributed by atoms with Gasteiger partial charge in [-0.15, -0.1) is 0 Å². The minimum Gasteiger partial charge on any atom is -0.497 e. The molecule has 2 aromatic carbocycles. The number of carbonyl (C=O) groups is 1. The van der Waals surface area contributed by atoms with E-state index in [1.54, 1.807) is 7.11 Å². The number of rotatable bonds is 16. The van der Waals surface area contributed by atoms with E-state index in [1.807, 2.05) is 30.3 Å². The van der Waals surface area contributed by atoms with Gasteiger partial charge in [0.2, 0.25) is 5.91 Å². The molecule has 2 aromatic rings. The van der Waals surface area contributed by atoms with Gasteiger partial charge < -0.3 is 15.4 Å². The van der Waals surface area contributed by atoms with Crippen molar-refractivity contribution in [2.45, 2.75) is 89.9 Å². The van der Waals surface area contributed by atoms with Crippen LogP contribution in [0.2, 0.25) is 5.02 Å². The summed E-state index contributed by atoms with van der Waals surface area (Å²) in [6, 6.07) is 16.1. The largest absolute Gasteiger partial charge is 0.497 e. The number of benzene rings is 2. The van der Waals surface area contributed by atoms with Gasteiger partial charge in [-0.3, -0.25) is 9.69 Å². The second-order valence-electron chi connectivity index (χ2n) is 9.96. The predicted molar refractivity (Wildman–Crippen MR) is 150 cm³/mol. The van der Waals surface area contributed by atoms with Crippen molar-refractivity contribution in [3.63, 3.8) is 0 Å². The molecule has 1 aliphatic heterocycles. The van der Waals surface area contributed by atoms with Crippen LogP contribution in [0.5, 0.6) is 5.75 Å². The fraction of sp³-hybridized carbons (Fsp3) is 0.567. The lowest BCUT2D eigenvalue weighted by atomic mass is 10.1. The summed E-state index contributed by atoms with van der Waals surface area (Å²) in [5.74, 6) is 0.998. The van der Waals surface area contributed by atoms with E-state index in [0.717, 1.165) is 48.8 Å². The molecule has 0 aromatic heterocycles. The number of methoxy groups -OCH3 is 1. The van der Waals surface area contributed by atoms with E-state index in [2.05, 4.69) is 40.7 Å². The maximum atomic E-state index is 13.2. The molecule has 1 heterocycles. The van der Waals surface area contributed by atoms with Gasteiger partial charge in [0.05, 0.1) is 13.2 Å². The molecule has 0 bridgehead atoms. The van der Waals surface area contributed by atoms with Gasteiger partial charge >= 0.3 is 0 Å². The average molecular weight is 514 g/mol. The molecular formula is C30H44ClN3O2. The number of nitrogens with one attached hydrogen (secondary N) is 2. The summed E-state index contributed by atoms with van der Waals surface area (Å²) >= 11 is 6.45. The zero-order chi connectivity index (χ0) is 25.6. The van der Waals surface area contributed by atoms with Gasteiger partial charge in [-0.25, -0.2) is 0 Å². The number of unbranched alkanes of at least 4 members (excludes halogenated alkanes) is 7. The Kier molecular flexibility index (Phi) is 12.6. The van der Waals surface area contributed by atoms with Crippen LogP contribution in [0, 0.1) is 0 Å². The lowest BCUT2D eigenvalue weighted by Gasteiger charge is -2.24. The van der Waals surface area contributed by atoms with Gasteiger partial charge in [0.25, 0.3) is 0 Å². The van der Waals surface area contributed by atoms with Gasteiger partial charge in [0.1, 0.15) is 5.75 Å². The van der Waals surface area contributed by atoms with E-state index in [1.165, 1.54) is 50.5 Å². The highest BCUT2D eigenvalue weighted by molar-refractivity contribution is 6.31. The van der Waals surface area contributed by atoms with Crippen molar-refractivity contribution in [1.29, 1.82) is 0 Å². The van der Waals surface area contributed by atoms with E-state index in [0.29, 0.717) is 6.54 Å². The third-order valence-electron chi connectivity index (χ3n) is 7.12. The fourth-order valence-corrected chi connectivity index (χ4v) is 5.13. The van der Waals surface area contributed by atoms with E-state index in [9.17, 15) is 4.79 Å². The molecule has 36 heavy (non-hydrogen) atoms. The first kappa shape index (κ1) is 28.5. The van der Waals surface area contributed by atoms with Crippen molar-refractivity contribution < 1.29 is 9.53 Å². The van der Waals surface area contributed by atoms with E-state index in [-0.39, 0.29) is 18.0 Å². The number of amides is 1. The Bertz CT molecular complexity index is 905. The highest BCUT2D eigenvalue weighted by Crippen LogP contribution is 2.25. The van der Waals surface area contributed by atoms with Crippen molar-refractivity contribution in [3.8, 4) is 5.75 Å². The Hall–Kier alpha value is -2.08. The van der Waals surface area contributed by atoms with Crippen LogP contribution in [0.1, 0.15) is 75.8 Å². The maximum Gasteiger partial charge on any atom is 0.237 e. The van der Waals surface area contributed by atoms with Crippen molar-refractivity contribution in [3.05, 3.63) is 64.7 Å². The first-order valence-corrected chi connectivity index (χ1v) is 14.1. The highest BCUT2D eigenvalue weighted by Gasteiger charge is 2.36. The van der Waals surface area contributed by atoms with E-state index >= 15 is 0 Å². The number of likely N-dealkylation sites (tertiary alicyclic amines) is 1. The van der Waals surface area contributed by atoms with Crippen LogP contribution in [0.25, 0.3) is 0 Å². The van der Waals surface area contributed by atoms with Crippen LogP contribution in [-0.2, 0) is 17.9 Å². The molecule has 198 valence electrons. The zero-order valence-corrected chi connectivity index (χ0v) is 22.9. The summed E-state index contributed by atoms with van der Waals surface area (Å²) < 4.78 is 5.26. The molecule has 0 radical (unpaired) electrons. The summed E-state index contributed by atoms with van der Waals surface area (Å²) in [5, 5.41) is 7.63. The molecule has 0 spiro atoms. The van der Waals surface area contributed by atoms with E-state index in [4.69, 9.17) is 16.3 Å². The Labute approximate surface area is 222 Å². The Morgan fingerprint density at radius 2 is 1.69 bits per heavy atom. The average Bonchev–Trinajstić information content (AvgIpc) is 3.30. The number of nitrogens with zero attached hydrogens (tertiary/aromatic N) is 1. The van der Waals surface area contributed by atoms with Crippen molar-refractivity contribution in [2.75, 3.05) is 20.2 Å². The number of hydrogen-bond donors (Lipinski definition) is 2. The predicted octanol–water partition coefficient (Wildman–Crippen LogP) is 6.34. The van der Waals surface area contributed by atoms with E-state index < -0.39 is 0 Å². The molecule has 2 atom stereocenters. The minimum absolute atomic E-state index is 0.138. The Morgan fingerprint density at radius 3 is 2.39 bits per heavy atom. The summed E-state index contributed by atoms with van der Waals surface area (Å²) in [4.78, 5) is 15.5. The van der Waals surface area contributed by atoms with Crippen LogP contribution < -0.4 is 15.4 Å². The number of ether oxygens (including phenoxy) is 1. The lowest BCUT2D eigenvalue weighted by molar-refractivity contribution is -0.125. The standard InChI is InChI=1S/C30H44ClN3O2/c1-3-4-5-6-7-8-9-12-19-32-30(35)29-20-26(33-21-24-15-17-27(36-2)18-16-24)23-34(29)22-25-13-10-11-14-28(25)31/h10-11,13-18,26,29,33H,3-9,12,19-23H2,1-2H3,(H,32,35)/t26-,29-/m0/s1. The summed E-state index contributed by atoms with van der Waals surface area (Å²) in [6.07, 6.45) is 10.9. The quantitative estimate of drug-likeness (QED) is 0.257. The first-order chi connectivity index (χ1) is 17.6. The molecule has 1 amide bonds. The molecule has 2 N–H and O–H groups in total. The second-order valence-corrected chi connectivity index (χ2v) is 10.4. The topological polar surface area (TPSA) is 53.6 Å². The van der Waals surface area contributed by atoms with Crippen LogP contribution in [0.3, 0.4) is 0 Å².